The van der Waals surface area contributed by atoms with Crippen LogP contribution in [-0.4, -0.2) is 47.5 Å². The molecule has 1 heterocycles. The first-order chi connectivity index (χ1) is 16.2. The number of ether oxygens (including phenoxy) is 4. The molecule has 0 aromatic heterocycles. The monoisotopic (exact) mass is 450 g/mol. The Balaban J connectivity index is 1.48. The molecule has 1 fully saturated rings. The quantitative estimate of drug-likeness (QED) is 0.493. The summed E-state index contributed by atoms with van der Waals surface area (Å²) in [6, 6.07) is 29.1. The molecule has 2 N–H and O–H groups in total. The molecular weight excluding hydrogens is 420 g/mol. The third kappa shape index (κ3) is 6.48. The Morgan fingerprint density at radius 2 is 1.03 bits per heavy atom. The standard InChI is InChI=1S/C27H30O6/c28-16-23-25(30-17-20-10-4-1-5-11-20)26(31-18-21-12-6-2-7-13-21)24(29)27(33-23)32-19-22-14-8-3-9-15-22/h1-15,23-29H,16-19H2. The zero-order valence-corrected chi connectivity index (χ0v) is 18.4. The fraction of sp³-hybridized carbons (Fsp3) is 0.333. The Morgan fingerprint density at radius 3 is 1.48 bits per heavy atom. The van der Waals surface area contributed by atoms with Gasteiger partial charge in [0.2, 0.25) is 0 Å². The molecule has 1 aliphatic heterocycles. The molecule has 0 bridgehead atoms. The van der Waals surface area contributed by atoms with E-state index in [1.807, 2.05) is 91.0 Å². The van der Waals surface area contributed by atoms with Crippen LogP contribution in [0.3, 0.4) is 0 Å². The van der Waals surface area contributed by atoms with E-state index in [0.29, 0.717) is 6.61 Å². The molecule has 5 unspecified atom stereocenters. The summed E-state index contributed by atoms with van der Waals surface area (Å²) < 4.78 is 24.1. The third-order valence-corrected chi connectivity index (χ3v) is 5.62. The maximum absolute atomic E-state index is 11.1. The van der Waals surface area contributed by atoms with E-state index in [1.54, 1.807) is 0 Å². The van der Waals surface area contributed by atoms with Crippen LogP contribution in [0, 0.1) is 0 Å². The smallest absolute Gasteiger partial charge is 0.187 e. The van der Waals surface area contributed by atoms with E-state index in [4.69, 9.17) is 18.9 Å². The minimum Gasteiger partial charge on any atom is -0.394 e. The first-order valence-corrected chi connectivity index (χ1v) is 11.2. The second kappa shape index (κ2) is 12.0. The molecule has 4 rings (SSSR count). The van der Waals surface area contributed by atoms with Crippen molar-refractivity contribution in [3.05, 3.63) is 108 Å². The average molecular weight is 451 g/mol. The molecule has 1 saturated heterocycles. The van der Waals surface area contributed by atoms with Gasteiger partial charge in [0.25, 0.3) is 0 Å². The molecule has 6 heteroatoms. The average Bonchev–Trinajstić information content (AvgIpc) is 2.88. The van der Waals surface area contributed by atoms with Crippen LogP contribution in [0.2, 0.25) is 0 Å². The molecule has 6 nitrogen and oxygen atoms in total. The van der Waals surface area contributed by atoms with Gasteiger partial charge in [-0.05, 0) is 16.7 Å². The van der Waals surface area contributed by atoms with Crippen LogP contribution in [0.25, 0.3) is 0 Å². The van der Waals surface area contributed by atoms with E-state index in [9.17, 15) is 10.2 Å². The maximum atomic E-state index is 11.1. The molecule has 0 radical (unpaired) electrons. The molecule has 0 spiro atoms. The van der Waals surface area contributed by atoms with E-state index in [0.717, 1.165) is 16.7 Å². The maximum Gasteiger partial charge on any atom is 0.187 e. The van der Waals surface area contributed by atoms with Crippen molar-refractivity contribution in [3.63, 3.8) is 0 Å². The summed E-state index contributed by atoms with van der Waals surface area (Å²) in [5.74, 6) is 0. The molecule has 3 aromatic carbocycles. The van der Waals surface area contributed by atoms with E-state index in [2.05, 4.69) is 0 Å². The molecule has 33 heavy (non-hydrogen) atoms. The van der Waals surface area contributed by atoms with Gasteiger partial charge in [-0.15, -0.1) is 0 Å². The van der Waals surface area contributed by atoms with Gasteiger partial charge in [0, 0.05) is 0 Å². The van der Waals surface area contributed by atoms with Gasteiger partial charge >= 0.3 is 0 Å². The lowest BCUT2D eigenvalue weighted by Gasteiger charge is -2.43. The molecule has 174 valence electrons. The van der Waals surface area contributed by atoms with Crippen LogP contribution in [0.5, 0.6) is 0 Å². The predicted molar refractivity (Wildman–Crippen MR) is 123 cm³/mol. The van der Waals surface area contributed by atoms with Gasteiger partial charge in [-0.3, -0.25) is 0 Å². The zero-order valence-electron chi connectivity index (χ0n) is 18.4. The topological polar surface area (TPSA) is 77.4 Å². The van der Waals surface area contributed by atoms with Crippen LogP contribution in [0.4, 0.5) is 0 Å². The van der Waals surface area contributed by atoms with Crippen LogP contribution < -0.4 is 0 Å². The van der Waals surface area contributed by atoms with E-state index >= 15 is 0 Å². The van der Waals surface area contributed by atoms with Crippen molar-refractivity contribution in [1.29, 1.82) is 0 Å². The van der Waals surface area contributed by atoms with Gasteiger partial charge in [0.15, 0.2) is 6.29 Å². The second-order valence-electron chi connectivity index (χ2n) is 8.04. The van der Waals surface area contributed by atoms with Crippen molar-refractivity contribution in [2.75, 3.05) is 6.61 Å². The summed E-state index contributed by atoms with van der Waals surface area (Å²) in [5.41, 5.74) is 2.91. The number of aliphatic hydroxyl groups is 2. The first-order valence-electron chi connectivity index (χ1n) is 11.2. The van der Waals surface area contributed by atoms with Crippen molar-refractivity contribution < 1.29 is 29.2 Å². The minimum absolute atomic E-state index is 0.266. The summed E-state index contributed by atoms with van der Waals surface area (Å²) in [7, 11) is 0. The summed E-state index contributed by atoms with van der Waals surface area (Å²) in [4.78, 5) is 0. The molecule has 0 aliphatic carbocycles. The normalized spacial score (nSPS) is 25.1. The van der Waals surface area contributed by atoms with Gasteiger partial charge in [0.1, 0.15) is 24.4 Å². The van der Waals surface area contributed by atoms with E-state index < -0.39 is 30.7 Å². The van der Waals surface area contributed by atoms with Crippen LogP contribution >= 0.6 is 0 Å². The Labute approximate surface area is 194 Å². The number of aliphatic hydroxyl groups excluding tert-OH is 2. The fourth-order valence-corrected chi connectivity index (χ4v) is 3.86. The summed E-state index contributed by atoms with van der Waals surface area (Å²) in [6.45, 7) is 0.570. The Hall–Kier alpha value is -2.58. The number of rotatable bonds is 10. The lowest BCUT2D eigenvalue weighted by Crippen LogP contribution is -2.60. The minimum atomic E-state index is -1.10. The SMILES string of the molecule is OCC1OC(OCc2ccccc2)C(O)C(OCc2ccccc2)C1OCc1ccccc1. The Morgan fingerprint density at radius 1 is 0.606 bits per heavy atom. The fourth-order valence-electron chi connectivity index (χ4n) is 3.86. The van der Waals surface area contributed by atoms with Crippen molar-refractivity contribution in [2.24, 2.45) is 0 Å². The largest absolute Gasteiger partial charge is 0.394 e. The van der Waals surface area contributed by atoms with Gasteiger partial charge in [0.05, 0.1) is 26.4 Å². The highest BCUT2D eigenvalue weighted by Crippen LogP contribution is 2.29. The molecule has 5 atom stereocenters. The van der Waals surface area contributed by atoms with Gasteiger partial charge in [-0.2, -0.15) is 0 Å². The number of benzene rings is 3. The lowest BCUT2D eigenvalue weighted by molar-refractivity contribution is -0.319. The predicted octanol–water partition coefficient (Wildman–Crippen LogP) is 3.45. The Kier molecular flexibility index (Phi) is 8.60. The summed E-state index contributed by atoms with van der Waals surface area (Å²) in [6.07, 6.45) is -4.19. The summed E-state index contributed by atoms with van der Waals surface area (Å²) in [5, 5.41) is 21.2. The Bertz CT molecular complexity index is 937. The molecule has 1 aliphatic rings. The number of hydrogen-bond acceptors (Lipinski definition) is 6. The van der Waals surface area contributed by atoms with Crippen molar-refractivity contribution in [3.8, 4) is 0 Å². The van der Waals surface area contributed by atoms with Gasteiger partial charge in [-0.1, -0.05) is 91.0 Å². The van der Waals surface area contributed by atoms with Gasteiger partial charge in [-0.25, -0.2) is 0 Å². The molecular formula is C27H30O6. The summed E-state index contributed by atoms with van der Waals surface area (Å²) >= 11 is 0. The van der Waals surface area contributed by atoms with Crippen molar-refractivity contribution in [1.82, 2.24) is 0 Å². The lowest BCUT2D eigenvalue weighted by atomic mass is 9.98. The highest BCUT2D eigenvalue weighted by Gasteiger charge is 2.47. The highest BCUT2D eigenvalue weighted by atomic mass is 16.7. The second-order valence-corrected chi connectivity index (χ2v) is 8.04. The molecule has 3 aromatic rings. The van der Waals surface area contributed by atoms with Crippen LogP contribution in [0.15, 0.2) is 91.0 Å². The van der Waals surface area contributed by atoms with Gasteiger partial charge < -0.3 is 29.2 Å². The first kappa shape index (κ1) is 23.6. The van der Waals surface area contributed by atoms with E-state index in [-0.39, 0.29) is 19.8 Å². The number of hydrogen-bond donors (Lipinski definition) is 2. The van der Waals surface area contributed by atoms with Crippen molar-refractivity contribution >= 4 is 0 Å². The van der Waals surface area contributed by atoms with Crippen LogP contribution in [-0.2, 0) is 38.8 Å². The molecule has 0 saturated carbocycles. The van der Waals surface area contributed by atoms with E-state index in [1.165, 1.54) is 0 Å². The zero-order chi connectivity index (χ0) is 22.9. The third-order valence-electron chi connectivity index (χ3n) is 5.62. The highest BCUT2D eigenvalue weighted by molar-refractivity contribution is 5.15. The van der Waals surface area contributed by atoms with Crippen molar-refractivity contribution in [2.45, 2.75) is 50.5 Å². The molecule has 0 amide bonds. The van der Waals surface area contributed by atoms with Crippen LogP contribution in [0.1, 0.15) is 16.7 Å².